The molecule has 0 bridgehead atoms. The van der Waals surface area contributed by atoms with Crippen molar-refractivity contribution in [3.8, 4) is 11.5 Å². The van der Waals surface area contributed by atoms with Crippen molar-refractivity contribution in [3.05, 3.63) is 48.0 Å². The van der Waals surface area contributed by atoms with E-state index in [4.69, 9.17) is 9.47 Å². The lowest BCUT2D eigenvalue weighted by molar-refractivity contribution is 0.0987. The number of fused-ring (bicyclic) bond motifs is 1. The SMILES string of the molecule is COc1ccc(C(=O)N2CCCN(S(C)(=O)=O)c3ccccc32)cc1OC. The molecule has 8 heteroatoms. The molecule has 0 aromatic heterocycles. The van der Waals surface area contributed by atoms with Gasteiger partial charge in [0.15, 0.2) is 11.5 Å². The number of hydrogen-bond acceptors (Lipinski definition) is 5. The Bertz CT molecular complexity index is 958. The van der Waals surface area contributed by atoms with Crippen molar-refractivity contribution in [3.63, 3.8) is 0 Å². The van der Waals surface area contributed by atoms with Gasteiger partial charge in [0.25, 0.3) is 5.91 Å². The molecule has 1 amide bonds. The van der Waals surface area contributed by atoms with Gasteiger partial charge in [-0.05, 0) is 36.8 Å². The average molecular weight is 390 g/mol. The quantitative estimate of drug-likeness (QED) is 0.802. The molecule has 0 unspecified atom stereocenters. The Morgan fingerprint density at radius 2 is 1.63 bits per heavy atom. The molecule has 7 nitrogen and oxygen atoms in total. The molecule has 0 fully saturated rings. The molecule has 0 spiro atoms. The molecule has 0 radical (unpaired) electrons. The molecule has 0 saturated heterocycles. The summed E-state index contributed by atoms with van der Waals surface area (Å²) in [6.07, 6.45) is 1.70. The number of hydrogen-bond donors (Lipinski definition) is 0. The minimum Gasteiger partial charge on any atom is -0.493 e. The second-order valence-corrected chi connectivity index (χ2v) is 8.11. The number of para-hydroxylation sites is 2. The maximum Gasteiger partial charge on any atom is 0.258 e. The van der Waals surface area contributed by atoms with Crippen molar-refractivity contribution < 1.29 is 22.7 Å². The van der Waals surface area contributed by atoms with Crippen LogP contribution in [-0.4, -0.2) is 47.9 Å². The molecule has 0 N–H and O–H groups in total. The molecule has 0 saturated carbocycles. The van der Waals surface area contributed by atoms with Gasteiger partial charge in [-0.1, -0.05) is 12.1 Å². The predicted molar refractivity (Wildman–Crippen MR) is 104 cm³/mol. The van der Waals surface area contributed by atoms with E-state index in [9.17, 15) is 13.2 Å². The first-order chi connectivity index (χ1) is 12.9. The number of amides is 1. The van der Waals surface area contributed by atoms with Crippen LogP contribution in [0.15, 0.2) is 42.5 Å². The Hall–Kier alpha value is -2.74. The molecular formula is C19H22N2O5S. The normalized spacial score (nSPS) is 14.3. The molecule has 1 heterocycles. The number of carbonyl (C=O) groups excluding carboxylic acids is 1. The zero-order chi connectivity index (χ0) is 19.6. The molecule has 0 aliphatic carbocycles. The first-order valence-corrected chi connectivity index (χ1v) is 10.3. The Kier molecular flexibility index (Phi) is 5.27. The van der Waals surface area contributed by atoms with Crippen molar-refractivity contribution in [2.24, 2.45) is 0 Å². The fourth-order valence-corrected chi connectivity index (χ4v) is 4.17. The Labute approximate surface area is 159 Å². The van der Waals surface area contributed by atoms with Gasteiger partial charge in [-0.2, -0.15) is 0 Å². The topological polar surface area (TPSA) is 76.2 Å². The van der Waals surface area contributed by atoms with Crippen LogP contribution in [0.25, 0.3) is 0 Å². The van der Waals surface area contributed by atoms with Crippen molar-refractivity contribution >= 4 is 27.3 Å². The minimum absolute atomic E-state index is 0.223. The van der Waals surface area contributed by atoms with E-state index in [-0.39, 0.29) is 5.91 Å². The monoisotopic (exact) mass is 390 g/mol. The van der Waals surface area contributed by atoms with Crippen LogP contribution in [0.3, 0.4) is 0 Å². The number of carbonyl (C=O) groups is 1. The van der Waals surface area contributed by atoms with E-state index in [2.05, 4.69) is 0 Å². The van der Waals surface area contributed by atoms with Crippen molar-refractivity contribution in [2.45, 2.75) is 6.42 Å². The second-order valence-electron chi connectivity index (χ2n) is 6.20. The summed E-state index contributed by atoms with van der Waals surface area (Å²) in [6, 6.07) is 12.0. The van der Waals surface area contributed by atoms with E-state index >= 15 is 0 Å². The number of nitrogens with zero attached hydrogens (tertiary/aromatic N) is 2. The molecule has 1 aliphatic rings. The van der Waals surface area contributed by atoms with Gasteiger partial charge in [-0.15, -0.1) is 0 Å². The number of anilines is 2. The summed E-state index contributed by atoms with van der Waals surface area (Å²) in [5, 5.41) is 0. The largest absolute Gasteiger partial charge is 0.493 e. The van der Waals surface area contributed by atoms with Crippen molar-refractivity contribution in [1.29, 1.82) is 0 Å². The summed E-state index contributed by atoms with van der Waals surface area (Å²) in [6.45, 7) is 0.738. The standard InChI is InChI=1S/C19H22N2O5S/c1-25-17-10-9-14(13-18(17)26-2)19(22)20-11-6-12-21(27(3,23)24)16-8-5-4-7-15(16)20/h4-5,7-10,13H,6,11-12H2,1-3H3. The summed E-state index contributed by atoms with van der Waals surface area (Å²) >= 11 is 0. The van der Waals surface area contributed by atoms with Gasteiger partial charge in [0.2, 0.25) is 10.0 Å². The van der Waals surface area contributed by atoms with Gasteiger partial charge in [-0.3, -0.25) is 9.10 Å². The number of methoxy groups -OCH3 is 2. The fraction of sp³-hybridized carbons (Fsp3) is 0.316. The molecule has 3 rings (SSSR count). The van der Waals surface area contributed by atoms with Crippen LogP contribution in [0.2, 0.25) is 0 Å². The smallest absolute Gasteiger partial charge is 0.258 e. The third-order valence-electron chi connectivity index (χ3n) is 4.46. The molecule has 0 atom stereocenters. The van der Waals surface area contributed by atoms with Crippen LogP contribution in [0.5, 0.6) is 11.5 Å². The lowest BCUT2D eigenvalue weighted by Crippen LogP contribution is -2.31. The van der Waals surface area contributed by atoms with E-state index in [0.717, 1.165) is 0 Å². The van der Waals surface area contributed by atoms with Crippen LogP contribution in [0.1, 0.15) is 16.8 Å². The molecule has 144 valence electrons. The number of rotatable bonds is 4. The summed E-state index contributed by atoms with van der Waals surface area (Å²) in [7, 11) is -0.394. The fourth-order valence-electron chi connectivity index (χ4n) is 3.20. The third kappa shape index (κ3) is 3.71. The van der Waals surface area contributed by atoms with Gasteiger partial charge >= 0.3 is 0 Å². The Morgan fingerprint density at radius 3 is 2.26 bits per heavy atom. The van der Waals surface area contributed by atoms with Crippen molar-refractivity contribution in [1.82, 2.24) is 0 Å². The minimum atomic E-state index is -3.44. The molecular weight excluding hydrogens is 368 g/mol. The lowest BCUT2D eigenvalue weighted by Gasteiger charge is -2.25. The van der Waals surface area contributed by atoms with Gasteiger partial charge < -0.3 is 14.4 Å². The van der Waals surface area contributed by atoms with E-state index in [1.807, 2.05) is 0 Å². The lowest BCUT2D eigenvalue weighted by atomic mass is 10.1. The van der Waals surface area contributed by atoms with Crippen LogP contribution >= 0.6 is 0 Å². The molecule has 1 aliphatic heterocycles. The highest BCUT2D eigenvalue weighted by Gasteiger charge is 2.29. The molecule has 27 heavy (non-hydrogen) atoms. The second kappa shape index (κ2) is 7.48. The predicted octanol–water partition coefficient (Wildman–Crippen LogP) is 2.52. The van der Waals surface area contributed by atoms with Gasteiger partial charge in [0.05, 0.1) is 31.9 Å². The van der Waals surface area contributed by atoms with E-state index in [1.165, 1.54) is 24.8 Å². The summed E-state index contributed by atoms with van der Waals surface area (Å²) in [5.74, 6) is 0.775. The van der Waals surface area contributed by atoms with Crippen LogP contribution in [-0.2, 0) is 10.0 Å². The van der Waals surface area contributed by atoms with Gasteiger partial charge in [0, 0.05) is 18.7 Å². The van der Waals surface area contributed by atoms with Crippen LogP contribution < -0.4 is 18.7 Å². The summed E-state index contributed by atoms with van der Waals surface area (Å²) < 4.78 is 36.2. The number of benzene rings is 2. The maximum absolute atomic E-state index is 13.2. The zero-order valence-electron chi connectivity index (χ0n) is 15.5. The van der Waals surface area contributed by atoms with Gasteiger partial charge in [-0.25, -0.2) is 8.42 Å². The highest BCUT2D eigenvalue weighted by molar-refractivity contribution is 7.92. The number of ether oxygens (including phenoxy) is 2. The van der Waals surface area contributed by atoms with Crippen LogP contribution in [0, 0.1) is 0 Å². The Morgan fingerprint density at radius 1 is 0.963 bits per heavy atom. The Balaban J connectivity index is 2.04. The number of sulfonamides is 1. The first-order valence-electron chi connectivity index (χ1n) is 8.47. The van der Waals surface area contributed by atoms with E-state index in [1.54, 1.807) is 47.4 Å². The zero-order valence-corrected chi connectivity index (χ0v) is 16.3. The first kappa shape index (κ1) is 19.0. The highest BCUT2D eigenvalue weighted by Crippen LogP contribution is 2.35. The summed E-state index contributed by atoms with van der Waals surface area (Å²) in [4.78, 5) is 14.8. The maximum atomic E-state index is 13.2. The molecule has 2 aromatic rings. The van der Waals surface area contributed by atoms with Crippen molar-refractivity contribution in [2.75, 3.05) is 42.8 Å². The van der Waals surface area contributed by atoms with E-state index < -0.39 is 10.0 Å². The summed E-state index contributed by atoms with van der Waals surface area (Å²) in [5.41, 5.74) is 1.52. The third-order valence-corrected chi connectivity index (χ3v) is 5.64. The average Bonchev–Trinajstić information content (AvgIpc) is 2.86. The van der Waals surface area contributed by atoms with Crippen LogP contribution in [0.4, 0.5) is 11.4 Å². The molecule has 2 aromatic carbocycles. The van der Waals surface area contributed by atoms with E-state index in [0.29, 0.717) is 47.9 Å². The van der Waals surface area contributed by atoms with Gasteiger partial charge in [0.1, 0.15) is 0 Å². The highest BCUT2D eigenvalue weighted by atomic mass is 32.2.